The Hall–Kier alpha value is -1.94. The van der Waals surface area contributed by atoms with Gasteiger partial charge in [-0.3, -0.25) is 0 Å². The number of rotatable bonds is 6. The molecule has 0 amide bonds. The van der Waals surface area contributed by atoms with Gasteiger partial charge in [-0.05, 0) is 35.2 Å². The molecule has 0 spiro atoms. The van der Waals surface area contributed by atoms with Crippen molar-refractivity contribution in [1.29, 1.82) is 0 Å². The molecule has 2 N–H and O–H groups in total. The van der Waals surface area contributed by atoms with Crippen LogP contribution >= 0.6 is 0 Å². The van der Waals surface area contributed by atoms with Crippen molar-refractivity contribution in [3.63, 3.8) is 0 Å². The predicted molar refractivity (Wildman–Crippen MR) is 84.8 cm³/mol. The van der Waals surface area contributed by atoms with Crippen molar-refractivity contribution in [2.24, 2.45) is 11.7 Å². The summed E-state index contributed by atoms with van der Waals surface area (Å²) in [6, 6.07) is 8.14. The summed E-state index contributed by atoms with van der Waals surface area (Å²) in [4.78, 5) is 0. The Morgan fingerprint density at radius 1 is 1.10 bits per heavy atom. The molecule has 0 aliphatic carbocycles. The van der Waals surface area contributed by atoms with Crippen LogP contribution in [-0.2, 0) is 6.54 Å². The summed E-state index contributed by atoms with van der Waals surface area (Å²) in [5, 5.41) is 0. The molecule has 0 fully saturated rings. The number of ether oxygens (including phenoxy) is 2. The van der Waals surface area contributed by atoms with Crippen LogP contribution in [-0.4, -0.2) is 18.8 Å². The summed E-state index contributed by atoms with van der Waals surface area (Å²) in [6.07, 6.45) is 4.18. The second-order valence-electron chi connectivity index (χ2n) is 5.58. The Morgan fingerprint density at radius 2 is 1.81 bits per heavy atom. The summed E-state index contributed by atoms with van der Waals surface area (Å²) in [7, 11) is 3.29. The van der Waals surface area contributed by atoms with E-state index >= 15 is 0 Å². The molecule has 0 aliphatic heterocycles. The van der Waals surface area contributed by atoms with E-state index < -0.39 is 0 Å². The maximum Gasteiger partial charge on any atom is 0.161 e. The van der Waals surface area contributed by atoms with Gasteiger partial charge in [-0.2, -0.15) is 0 Å². The van der Waals surface area contributed by atoms with Crippen LogP contribution in [0, 0.1) is 5.92 Å². The zero-order chi connectivity index (χ0) is 15.4. The summed E-state index contributed by atoms with van der Waals surface area (Å²) in [6.45, 7) is 5.05. The number of benzene rings is 1. The van der Waals surface area contributed by atoms with Gasteiger partial charge in [0, 0.05) is 25.0 Å². The molecule has 1 aromatic heterocycles. The molecule has 1 aromatic carbocycles. The minimum absolute atomic E-state index is 0.0802. The molecule has 0 aliphatic rings. The molecule has 0 saturated heterocycles. The van der Waals surface area contributed by atoms with E-state index in [2.05, 4.69) is 36.9 Å². The van der Waals surface area contributed by atoms with Gasteiger partial charge in [0.25, 0.3) is 0 Å². The maximum atomic E-state index is 6.18. The van der Waals surface area contributed by atoms with Crippen molar-refractivity contribution in [3.05, 3.63) is 47.8 Å². The van der Waals surface area contributed by atoms with Crippen molar-refractivity contribution in [2.45, 2.75) is 26.4 Å². The molecule has 0 radical (unpaired) electrons. The van der Waals surface area contributed by atoms with E-state index in [1.54, 1.807) is 14.2 Å². The predicted octanol–water partition coefficient (Wildman–Crippen LogP) is 3.21. The molecule has 4 nitrogen and oxygen atoms in total. The fourth-order valence-electron chi connectivity index (χ4n) is 2.33. The Balaban J connectivity index is 2.15. The van der Waals surface area contributed by atoms with Gasteiger partial charge < -0.3 is 19.8 Å². The second-order valence-corrected chi connectivity index (χ2v) is 5.58. The minimum atomic E-state index is 0.0802. The van der Waals surface area contributed by atoms with Gasteiger partial charge in [-0.15, -0.1) is 0 Å². The van der Waals surface area contributed by atoms with Crippen molar-refractivity contribution in [1.82, 2.24) is 4.57 Å². The Morgan fingerprint density at radius 3 is 2.43 bits per heavy atom. The standard InChI is InChI=1S/C17H24N2O2/c1-12(2)17(18)14-7-8-19(11-14)10-13-5-6-15(20-3)16(9-13)21-4/h5-9,11-12,17H,10,18H2,1-4H3. The SMILES string of the molecule is COc1ccc(Cn2ccc(C(N)C(C)C)c2)cc1OC. The summed E-state index contributed by atoms with van der Waals surface area (Å²) >= 11 is 0. The largest absolute Gasteiger partial charge is 0.493 e. The Kier molecular flexibility index (Phi) is 4.91. The van der Waals surface area contributed by atoms with Crippen molar-refractivity contribution in [2.75, 3.05) is 14.2 Å². The first-order valence-corrected chi connectivity index (χ1v) is 7.17. The van der Waals surface area contributed by atoms with E-state index in [1.165, 1.54) is 5.56 Å². The molecule has 114 valence electrons. The Bertz CT molecular complexity index is 590. The van der Waals surface area contributed by atoms with Gasteiger partial charge in [-0.25, -0.2) is 0 Å². The van der Waals surface area contributed by atoms with E-state index in [0.29, 0.717) is 5.92 Å². The van der Waals surface area contributed by atoms with Gasteiger partial charge in [0.2, 0.25) is 0 Å². The molecule has 2 rings (SSSR count). The van der Waals surface area contributed by atoms with Gasteiger partial charge in [0.1, 0.15) is 0 Å². The molecule has 4 heteroatoms. The van der Waals surface area contributed by atoms with Crippen LogP contribution in [0.25, 0.3) is 0 Å². The van der Waals surface area contributed by atoms with Crippen LogP contribution in [0.1, 0.15) is 31.0 Å². The number of aromatic nitrogens is 1. The first-order chi connectivity index (χ1) is 10.0. The van der Waals surface area contributed by atoms with Crippen LogP contribution in [0.4, 0.5) is 0 Å². The smallest absolute Gasteiger partial charge is 0.161 e. The zero-order valence-electron chi connectivity index (χ0n) is 13.2. The summed E-state index contributed by atoms with van der Waals surface area (Å²) < 4.78 is 12.7. The van der Waals surface area contributed by atoms with E-state index in [1.807, 2.05) is 18.2 Å². The minimum Gasteiger partial charge on any atom is -0.493 e. The maximum absolute atomic E-state index is 6.18. The van der Waals surface area contributed by atoms with E-state index in [-0.39, 0.29) is 6.04 Å². The number of hydrogen-bond donors (Lipinski definition) is 1. The van der Waals surface area contributed by atoms with Crippen LogP contribution in [0.2, 0.25) is 0 Å². The second kappa shape index (κ2) is 6.68. The van der Waals surface area contributed by atoms with Crippen molar-refractivity contribution >= 4 is 0 Å². The van der Waals surface area contributed by atoms with Gasteiger partial charge in [0.05, 0.1) is 14.2 Å². The third-order valence-corrected chi connectivity index (χ3v) is 3.69. The lowest BCUT2D eigenvalue weighted by molar-refractivity contribution is 0.354. The van der Waals surface area contributed by atoms with Crippen LogP contribution < -0.4 is 15.2 Å². The lowest BCUT2D eigenvalue weighted by atomic mass is 10.00. The van der Waals surface area contributed by atoms with E-state index in [4.69, 9.17) is 15.2 Å². The van der Waals surface area contributed by atoms with E-state index in [0.717, 1.165) is 23.6 Å². The molecule has 1 heterocycles. The molecular weight excluding hydrogens is 264 g/mol. The van der Waals surface area contributed by atoms with E-state index in [9.17, 15) is 0 Å². The lowest BCUT2D eigenvalue weighted by Crippen LogP contribution is -2.15. The third-order valence-electron chi connectivity index (χ3n) is 3.69. The van der Waals surface area contributed by atoms with Crippen LogP contribution in [0.3, 0.4) is 0 Å². The molecular formula is C17H24N2O2. The molecule has 1 unspecified atom stereocenters. The number of methoxy groups -OCH3 is 2. The van der Waals surface area contributed by atoms with Crippen LogP contribution in [0.5, 0.6) is 11.5 Å². The Labute approximate surface area is 126 Å². The average Bonchev–Trinajstić information content (AvgIpc) is 2.94. The molecule has 1 atom stereocenters. The molecule has 0 saturated carbocycles. The van der Waals surface area contributed by atoms with Gasteiger partial charge in [0.15, 0.2) is 11.5 Å². The first-order valence-electron chi connectivity index (χ1n) is 7.17. The topological polar surface area (TPSA) is 49.4 Å². The third kappa shape index (κ3) is 3.58. The first kappa shape index (κ1) is 15.4. The van der Waals surface area contributed by atoms with Gasteiger partial charge >= 0.3 is 0 Å². The molecule has 21 heavy (non-hydrogen) atoms. The summed E-state index contributed by atoms with van der Waals surface area (Å²) in [5.74, 6) is 1.93. The highest BCUT2D eigenvalue weighted by Crippen LogP contribution is 2.28. The highest BCUT2D eigenvalue weighted by atomic mass is 16.5. The van der Waals surface area contributed by atoms with Crippen LogP contribution in [0.15, 0.2) is 36.7 Å². The summed E-state index contributed by atoms with van der Waals surface area (Å²) in [5.41, 5.74) is 8.51. The quantitative estimate of drug-likeness (QED) is 0.888. The molecule has 0 bridgehead atoms. The van der Waals surface area contributed by atoms with Crippen molar-refractivity contribution in [3.8, 4) is 11.5 Å². The zero-order valence-corrected chi connectivity index (χ0v) is 13.2. The highest BCUT2D eigenvalue weighted by molar-refractivity contribution is 5.43. The fourth-order valence-corrected chi connectivity index (χ4v) is 2.33. The molecule has 2 aromatic rings. The number of nitrogens with zero attached hydrogens (tertiary/aromatic N) is 1. The lowest BCUT2D eigenvalue weighted by Gasteiger charge is -2.13. The van der Waals surface area contributed by atoms with Gasteiger partial charge in [-0.1, -0.05) is 19.9 Å². The fraction of sp³-hybridized carbons (Fsp3) is 0.412. The van der Waals surface area contributed by atoms with Crippen molar-refractivity contribution < 1.29 is 9.47 Å². The normalized spacial score (nSPS) is 12.5. The number of hydrogen-bond acceptors (Lipinski definition) is 3. The average molecular weight is 288 g/mol. The highest BCUT2D eigenvalue weighted by Gasteiger charge is 2.12. The number of nitrogens with two attached hydrogens (primary N) is 1. The monoisotopic (exact) mass is 288 g/mol.